The van der Waals surface area contributed by atoms with Crippen molar-refractivity contribution < 1.29 is 22.7 Å². The first-order chi connectivity index (χ1) is 9.77. The number of nitrogens with zero attached hydrogens (tertiary/aromatic N) is 1. The molecule has 1 atom stereocenters. The number of halogens is 1. The van der Waals surface area contributed by atoms with E-state index in [4.69, 9.17) is 4.74 Å². The van der Waals surface area contributed by atoms with E-state index in [0.717, 1.165) is 4.31 Å². The highest BCUT2D eigenvalue weighted by atomic mass is 79.9. The Morgan fingerprint density at radius 2 is 2.05 bits per heavy atom. The topological polar surface area (TPSA) is 92.8 Å². The summed E-state index contributed by atoms with van der Waals surface area (Å²) in [5, 5.41) is 2.10. The molecule has 1 unspecified atom stereocenters. The SMILES string of the molecule is COc1ccc(S(=O)(=O)N2CC(=O)NC(=O)C2C)cc1Br. The monoisotopic (exact) mass is 376 g/mol. The summed E-state index contributed by atoms with van der Waals surface area (Å²) in [5.41, 5.74) is 0. The zero-order valence-electron chi connectivity index (χ0n) is 11.3. The Morgan fingerprint density at radius 3 is 2.62 bits per heavy atom. The van der Waals surface area contributed by atoms with Crippen LogP contribution in [0.5, 0.6) is 5.75 Å². The van der Waals surface area contributed by atoms with E-state index in [2.05, 4.69) is 21.2 Å². The maximum absolute atomic E-state index is 12.6. The molecule has 0 saturated carbocycles. The second kappa shape index (κ2) is 5.74. The number of methoxy groups -OCH3 is 1. The lowest BCUT2D eigenvalue weighted by Crippen LogP contribution is -2.58. The molecule has 0 aromatic heterocycles. The summed E-state index contributed by atoms with van der Waals surface area (Å²) >= 11 is 3.21. The largest absolute Gasteiger partial charge is 0.496 e. The predicted octanol–water partition coefficient (Wildman–Crippen LogP) is 0.493. The van der Waals surface area contributed by atoms with Crippen LogP contribution in [0.1, 0.15) is 6.92 Å². The number of rotatable bonds is 3. The smallest absolute Gasteiger partial charge is 0.244 e. The van der Waals surface area contributed by atoms with E-state index in [1.807, 2.05) is 0 Å². The van der Waals surface area contributed by atoms with Crippen LogP contribution in [-0.4, -0.2) is 44.2 Å². The molecule has 21 heavy (non-hydrogen) atoms. The summed E-state index contributed by atoms with van der Waals surface area (Å²) in [4.78, 5) is 23.0. The number of nitrogens with one attached hydrogen (secondary N) is 1. The third-order valence-electron chi connectivity index (χ3n) is 3.10. The first-order valence-electron chi connectivity index (χ1n) is 5.96. The van der Waals surface area contributed by atoms with Crippen molar-refractivity contribution in [2.45, 2.75) is 17.9 Å². The number of hydrogen-bond donors (Lipinski definition) is 1. The summed E-state index contributed by atoms with van der Waals surface area (Å²) in [6.07, 6.45) is 0. The molecule has 0 bridgehead atoms. The number of benzene rings is 1. The zero-order valence-corrected chi connectivity index (χ0v) is 13.7. The number of carbonyl (C=O) groups is 2. The van der Waals surface area contributed by atoms with Crippen molar-refractivity contribution in [3.8, 4) is 5.75 Å². The zero-order chi connectivity index (χ0) is 15.8. The van der Waals surface area contributed by atoms with Crippen molar-refractivity contribution in [3.63, 3.8) is 0 Å². The van der Waals surface area contributed by atoms with Gasteiger partial charge in [-0.15, -0.1) is 0 Å². The fourth-order valence-electron chi connectivity index (χ4n) is 1.93. The van der Waals surface area contributed by atoms with Crippen LogP contribution >= 0.6 is 15.9 Å². The van der Waals surface area contributed by atoms with Crippen molar-refractivity contribution in [3.05, 3.63) is 22.7 Å². The second-order valence-corrected chi connectivity index (χ2v) is 7.18. The molecule has 0 spiro atoms. The van der Waals surface area contributed by atoms with E-state index in [9.17, 15) is 18.0 Å². The maximum atomic E-state index is 12.6. The number of imide groups is 1. The van der Waals surface area contributed by atoms with Gasteiger partial charge in [-0.2, -0.15) is 4.31 Å². The highest BCUT2D eigenvalue weighted by Gasteiger charge is 2.39. The van der Waals surface area contributed by atoms with Gasteiger partial charge < -0.3 is 4.74 Å². The van der Waals surface area contributed by atoms with Gasteiger partial charge in [-0.1, -0.05) is 0 Å². The predicted molar refractivity (Wildman–Crippen MR) is 77.2 cm³/mol. The van der Waals surface area contributed by atoms with Crippen LogP contribution in [0.3, 0.4) is 0 Å². The fraction of sp³-hybridized carbons (Fsp3) is 0.333. The minimum atomic E-state index is -3.96. The first kappa shape index (κ1) is 15.9. The van der Waals surface area contributed by atoms with Gasteiger partial charge in [0.1, 0.15) is 11.8 Å². The molecular weight excluding hydrogens is 364 g/mol. The van der Waals surface area contributed by atoms with Gasteiger partial charge in [0.15, 0.2) is 0 Å². The first-order valence-corrected chi connectivity index (χ1v) is 8.19. The normalized spacial score (nSPS) is 20.2. The van der Waals surface area contributed by atoms with E-state index in [1.165, 1.54) is 32.2 Å². The van der Waals surface area contributed by atoms with Crippen LogP contribution in [0.2, 0.25) is 0 Å². The van der Waals surface area contributed by atoms with Crippen LogP contribution in [-0.2, 0) is 19.6 Å². The Morgan fingerprint density at radius 1 is 1.38 bits per heavy atom. The molecule has 2 rings (SSSR count). The van der Waals surface area contributed by atoms with E-state index in [1.54, 1.807) is 0 Å². The van der Waals surface area contributed by atoms with Crippen LogP contribution in [0, 0.1) is 0 Å². The molecule has 1 saturated heterocycles. The lowest BCUT2D eigenvalue weighted by molar-refractivity contribution is -0.136. The third kappa shape index (κ3) is 2.94. The number of hydrogen-bond acceptors (Lipinski definition) is 5. The quantitative estimate of drug-likeness (QED) is 0.775. The minimum absolute atomic E-state index is 0.0236. The highest BCUT2D eigenvalue weighted by molar-refractivity contribution is 9.10. The van der Waals surface area contributed by atoms with E-state index in [-0.39, 0.29) is 11.4 Å². The number of sulfonamides is 1. The van der Waals surface area contributed by atoms with Crippen LogP contribution in [0.15, 0.2) is 27.6 Å². The summed E-state index contributed by atoms with van der Waals surface area (Å²) in [6, 6.07) is 3.28. The van der Waals surface area contributed by atoms with E-state index in [0.29, 0.717) is 10.2 Å². The summed E-state index contributed by atoms with van der Waals surface area (Å²) in [6.45, 7) is 1.04. The van der Waals surface area contributed by atoms with Crippen molar-refractivity contribution in [1.82, 2.24) is 9.62 Å². The van der Waals surface area contributed by atoms with Crippen molar-refractivity contribution in [2.75, 3.05) is 13.7 Å². The summed E-state index contributed by atoms with van der Waals surface area (Å²) in [5.74, 6) is -0.800. The average molecular weight is 377 g/mol. The molecule has 1 aliphatic rings. The molecule has 7 nitrogen and oxygen atoms in total. The molecule has 0 aliphatic carbocycles. The molecule has 1 heterocycles. The van der Waals surface area contributed by atoms with E-state index >= 15 is 0 Å². The van der Waals surface area contributed by atoms with Crippen LogP contribution in [0.25, 0.3) is 0 Å². The van der Waals surface area contributed by atoms with Gasteiger partial charge in [0, 0.05) is 0 Å². The Balaban J connectivity index is 2.43. The Bertz CT molecular complexity index is 704. The van der Waals surface area contributed by atoms with Gasteiger partial charge >= 0.3 is 0 Å². The maximum Gasteiger partial charge on any atom is 0.244 e. The Labute approximate surface area is 130 Å². The van der Waals surface area contributed by atoms with Gasteiger partial charge in [-0.25, -0.2) is 8.42 Å². The van der Waals surface area contributed by atoms with Gasteiger partial charge in [-0.05, 0) is 41.1 Å². The van der Waals surface area contributed by atoms with E-state index < -0.39 is 27.9 Å². The van der Waals surface area contributed by atoms with Crippen LogP contribution in [0.4, 0.5) is 0 Å². The minimum Gasteiger partial charge on any atom is -0.496 e. The van der Waals surface area contributed by atoms with Crippen molar-refractivity contribution >= 4 is 37.8 Å². The molecule has 114 valence electrons. The molecule has 1 fully saturated rings. The number of amides is 2. The molecule has 1 aliphatic heterocycles. The Hall–Kier alpha value is -1.45. The Kier molecular flexibility index (Phi) is 4.35. The standard InChI is InChI=1S/C12H13BrN2O5S/c1-7-12(17)14-11(16)6-15(7)21(18,19)8-3-4-10(20-2)9(13)5-8/h3-5,7H,6H2,1-2H3,(H,14,16,17). The van der Waals surface area contributed by atoms with Crippen molar-refractivity contribution in [1.29, 1.82) is 0 Å². The van der Waals surface area contributed by atoms with Gasteiger partial charge in [-0.3, -0.25) is 14.9 Å². The molecule has 1 aromatic carbocycles. The number of carbonyl (C=O) groups excluding carboxylic acids is 2. The molecular formula is C12H13BrN2O5S. The lowest BCUT2D eigenvalue weighted by atomic mass is 10.2. The van der Waals surface area contributed by atoms with Gasteiger partial charge in [0.05, 0.1) is 23.0 Å². The van der Waals surface area contributed by atoms with Crippen LogP contribution < -0.4 is 10.1 Å². The second-order valence-electron chi connectivity index (χ2n) is 4.44. The van der Waals surface area contributed by atoms with Gasteiger partial charge in [0.25, 0.3) is 0 Å². The summed E-state index contributed by atoms with van der Waals surface area (Å²) in [7, 11) is -2.50. The number of ether oxygens (including phenoxy) is 1. The summed E-state index contributed by atoms with van der Waals surface area (Å²) < 4.78 is 31.5. The molecule has 1 aromatic rings. The fourth-order valence-corrected chi connectivity index (χ4v) is 4.20. The lowest BCUT2D eigenvalue weighted by Gasteiger charge is -2.30. The number of piperazine rings is 1. The van der Waals surface area contributed by atoms with Gasteiger partial charge in [0.2, 0.25) is 21.8 Å². The average Bonchev–Trinajstić information content (AvgIpc) is 2.42. The third-order valence-corrected chi connectivity index (χ3v) is 5.64. The molecule has 2 amide bonds. The van der Waals surface area contributed by atoms with Crippen molar-refractivity contribution in [2.24, 2.45) is 0 Å². The molecule has 0 radical (unpaired) electrons. The molecule has 9 heteroatoms. The highest BCUT2D eigenvalue weighted by Crippen LogP contribution is 2.29. The molecule has 1 N–H and O–H groups in total.